The molecule has 150 valence electrons. The van der Waals surface area contributed by atoms with Gasteiger partial charge in [-0.3, -0.25) is 10.1 Å². The molecule has 30 heavy (non-hydrogen) atoms. The molecular weight excluding hydrogens is 420 g/mol. The zero-order valence-corrected chi connectivity index (χ0v) is 17.6. The molecule has 0 atom stereocenters. The minimum absolute atomic E-state index is 0.137. The third-order valence-corrected chi connectivity index (χ3v) is 5.01. The minimum atomic E-state index is -0.299. The summed E-state index contributed by atoms with van der Waals surface area (Å²) in [7, 11) is 0. The minimum Gasteiger partial charge on any atom is -0.434 e. The Balaban J connectivity index is 1.50. The van der Waals surface area contributed by atoms with Gasteiger partial charge in [-0.15, -0.1) is 0 Å². The molecule has 1 amide bonds. The lowest BCUT2D eigenvalue weighted by Crippen LogP contribution is -2.34. The van der Waals surface area contributed by atoms with Crippen LogP contribution in [0.15, 0.2) is 65.2 Å². The number of amides is 1. The standard InChI is InChI=1S/C22H17ClN4O2S/c1-2-13-5-7-14(8-6-13)20(28)27-22(30)25-17-12-15(9-10-16(17)23)21-26-19-18(29-21)4-3-11-24-19/h3-12H,2H2,1H3,(H2,25,27,28,30). The fourth-order valence-electron chi connectivity index (χ4n) is 2.87. The van der Waals surface area contributed by atoms with Gasteiger partial charge < -0.3 is 9.73 Å². The molecule has 6 nitrogen and oxygen atoms in total. The largest absolute Gasteiger partial charge is 0.434 e. The Morgan fingerprint density at radius 1 is 1.17 bits per heavy atom. The Labute approximate surface area is 183 Å². The Kier molecular flexibility index (Phi) is 5.74. The van der Waals surface area contributed by atoms with E-state index in [9.17, 15) is 4.79 Å². The van der Waals surface area contributed by atoms with Crippen LogP contribution in [0.4, 0.5) is 5.69 Å². The molecule has 4 aromatic rings. The smallest absolute Gasteiger partial charge is 0.257 e. The number of aryl methyl sites for hydroxylation is 1. The van der Waals surface area contributed by atoms with Crippen LogP contribution in [-0.2, 0) is 6.42 Å². The van der Waals surface area contributed by atoms with E-state index >= 15 is 0 Å². The summed E-state index contributed by atoms with van der Waals surface area (Å²) >= 11 is 11.6. The number of benzene rings is 2. The highest BCUT2D eigenvalue weighted by molar-refractivity contribution is 7.80. The average Bonchev–Trinajstić information content (AvgIpc) is 3.19. The maximum atomic E-state index is 12.4. The summed E-state index contributed by atoms with van der Waals surface area (Å²) in [4.78, 5) is 21.0. The first-order valence-electron chi connectivity index (χ1n) is 9.26. The van der Waals surface area contributed by atoms with Crippen molar-refractivity contribution in [2.45, 2.75) is 13.3 Å². The predicted octanol–water partition coefficient (Wildman–Crippen LogP) is 5.23. The monoisotopic (exact) mass is 436 g/mol. The van der Waals surface area contributed by atoms with Gasteiger partial charge in [-0.2, -0.15) is 4.98 Å². The second-order valence-electron chi connectivity index (χ2n) is 6.50. The summed E-state index contributed by atoms with van der Waals surface area (Å²) in [5.74, 6) is 0.113. The molecule has 0 aliphatic carbocycles. The normalized spacial score (nSPS) is 10.7. The SMILES string of the molecule is CCc1ccc(C(=O)NC(=S)Nc2cc(-c3nc4ncccc4o3)ccc2Cl)cc1. The third-order valence-electron chi connectivity index (χ3n) is 4.48. The molecule has 0 fully saturated rings. The van der Waals surface area contributed by atoms with Gasteiger partial charge >= 0.3 is 0 Å². The Morgan fingerprint density at radius 3 is 2.70 bits per heavy atom. The van der Waals surface area contributed by atoms with Crippen molar-refractivity contribution < 1.29 is 9.21 Å². The zero-order valence-electron chi connectivity index (χ0n) is 16.0. The molecule has 0 saturated carbocycles. The number of carbonyl (C=O) groups excluding carboxylic acids is 1. The maximum Gasteiger partial charge on any atom is 0.257 e. The van der Waals surface area contributed by atoms with E-state index in [-0.39, 0.29) is 11.0 Å². The van der Waals surface area contributed by atoms with Gasteiger partial charge in [-0.05, 0) is 66.7 Å². The van der Waals surface area contributed by atoms with Crippen molar-refractivity contribution in [2.24, 2.45) is 0 Å². The molecule has 2 heterocycles. The molecule has 2 aromatic carbocycles. The van der Waals surface area contributed by atoms with E-state index in [1.54, 1.807) is 48.7 Å². The van der Waals surface area contributed by atoms with Gasteiger partial charge in [0.2, 0.25) is 5.89 Å². The van der Waals surface area contributed by atoms with Gasteiger partial charge in [0.25, 0.3) is 5.91 Å². The first kappa shape index (κ1) is 20.0. The van der Waals surface area contributed by atoms with Crippen molar-refractivity contribution in [1.82, 2.24) is 15.3 Å². The molecular formula is C22H17ClN4O2S. The maximum absolute atomic E-state index is 12.4. The number of hydrogen-bond acceptors (Lipinski definition) is 5. The number of carbonyl (C=O) groups is 1. The highest BCUT2D eigenvalue weighted by atomic mass is 35.5. The number of hydrogen-bond donors (Lipinski definition) is 2. The summed E-state index contributed by atoms with van der Waals surface area (Å²) in [6, 6.07) is 16.2. The number of nitrogens with one attached hydrogen (secondary N) is 2. The molecule has 2 aromatic heterocycles. The summed E-state index contributed by atoms with van der Waals surface area (Å²) < 4.78 is 5.75. The number of oxazole rings is 1. The third kappa shape index (κ3) is 4.32. The first-order chi connectivity index (χ1) is 14.5. The van der Waals surface area contributed by atoms with Crippen molar-refractivity contribution >= 4 is 51.8 Å². The number of halogens is 1. The van der Waals surface area contributed by atoms with Gasteiger partial charge in [0.1, 0.15) is 0 Å². The molecule has 0 radical (unpaired) electrons. The Morgan fingerprint density at radius 2 is 1.97 bits per heavy atom. The Hall–Kier alpha value is -3.29. The van der Waals surface area contributed by atoms with E-state index in [1.807, 2.05) is 12.1 Å². The number of rotatable bonds is 4. The number of anilines is 1. The molecule has 0 unspecified atom stereocenters. The van der Waals surface area contributed by atoms with E-state index < -0.39 is 0 Å². The number of aromatic nitrogens is 2. The highest BCUT2D eigenvalue weighted by Gasteiger charge is 2.13. The zero-order chi connectivity index (χ0) is 21.1. The molecule has 0 saturated heterocycles. The van der Waals surface area contributed by atoms with Crippen LogP contribution in [0, 0.1) is 0 Å². The van der Waals surface area contributed by atoms with Crippen molar-refractivity contribution in [3.8, 4) is 11.5 Å². The van der Waals surface area contributed by atoms with Crippen molar-refractivity contribution in [1.29, 1.82) is 0 Å². The lowest BCUT2D eigenvalue weighted by Gasteiger charge is -2.12. The summed E-state index contributed by atoms with van der Waals surface area (Å²) in [6.45, 7) is 2.06. The number of thiocarbonyl (C=S) groups is 1. The van der Waals surface area contributed by atoms with Gasteiger partial charge in [0.05, 0.1) is 10.7 Å². The van der Waals surface area contributed by atoms with E-state index in [1.165, 1.54) is 0 Å². The molecule has 0 aliphatic rings. The summed E-state index contributed by atoms with van der Waals surface area (Å²) in [5, 5.41) is 6.20. The lowest BCUT2D eigenvalue weighted by atomic mass is 10.1. The van der Waals surface area contributed by atoms with Crippen LogP contribution in [0.25, 0.3) is 22.7 Å². The van der Waals surface area contributed by atoms with E-state index in [0.717, 1.165) is 12.0 Å². The fraction of sp³-hybridized carbons (Fsp3) is 0.0909. The number of nitrogens with zero attached hydrogens (tertiary/aromatic N) is 2. The predicted molar refractivity (Wildman–Crippen MR) is 122 cm³/mol. The Bertz CT molecular complexity index is 1200. The van der Waals surface area contributed by atoms with Gasteiger partial charge in [0.15, 0.2) is 16.3 Å². The molecule has 0 aliphatic heterocycles. The van der Waals surface area contributed by atoms with Gasteiger partial charge in [0, 0.05) is 17.3 Å². The van der Waals surface area contributed by atoms with Crippen molar-refractivity contribution in [3.05, 3.63) is 76.9 Å². The lowest BCUT2D eigenvalue weighted by molar-refractivity contribution is 0.0977. The van der Waals surface area contributed by atoms with Gasteiger partial charge in [-0.25, -0.2) is 4.98 Å². The van der Waals surface area contributed by atoms with Crippen LogP contribution in [-0.4, -0.2) is 21.0 Å². The average molecular weight is 437 g/mol. The van der Waals surface area contributed by atoms with Crippen molar-refractivity contribution in [2.75, 3.05) is 5.32 Å². The first-order valence-corrected chi connectivity index (χ1v) is 10.0. The molecule has 0 spiro atoms. The fourth-order valence-corrected chi connectivity index (χ4v) is 3.23. The quantitative estimate of drug-likeness (QED) is 0.426. The molecule has 2 N–H and O–H groups in total. The van der Waals surface area contributed by atoms with Crippen LogP contribution < -0.4 is 10.6 Å². The van der Waals surface area contributed by atoms with Crippen LogP contribution in [0.2, 0.25) is 5.02 Å². The molecule has 0 bridgehead atoms. The van der Waals surface area contributed by atoms with Crippen molar-refractivity contribution in [3.63, 3.8) is 0 Å². The van der Waals surface area contributed by atoms with Crippen LogP contribution >= 0.6 is 23.8 Å². The number of fused-ring (bicyclic) bond motifs is 1. The molecule has 8 heteroatoms. The number of pyridine rings is 1. The topological polar surface area (TPSA) is 80.0 Å². The van der Waals surface area contributed by atoms with Gasteiger partial charge in [-0.1, -0.05) is 30.7 Å². The van der Waals surface area contributed by atoms with E-state index in [4.69, 9.17) is 28.2 Å². The van der Waals surface area contributed by atoms with E-state index in [0.29, 0.717) is 39.0 Å². The van der Waals surface area contributed by atoms with Crippen LogP contribution in [0.1, 0.15) is 22.8 Å². The summed E-state index contributed by atoms with van der Waals surface area (Å²) in [5.41, 5.74) is 4.02. The van der Waals surface area contributed by atoms with E-state index in [2.05, 4.69) is 27.5 Å². The van der Waals surface area contributed by atoms with Crippen LogP contribution in [0.3, 0.4) is 0 Å². The second-order valence-corrected chi connectivity index (χ2v) is 7.31. The summed E-state index contributed by atoms with van der Waals surface area (Å²) in [6.07, 6.45) is 2.56. The molecule has 4 rings (SSSR count). The highest BCUT2D eigenvalue weighted by Crippen LogP contribution is 2.30. The second kappa shape index (κ2) is 8.61. The van der Waals surface area contributed by atoms with Crippen LogP contribution in [0.5, 0.6) is 0 Å².